The van der Waals surface area contributed by atoms with E-state index in [1.807, 2.05) is 0 Å². The van der Waals surface area contributed by atoms with Gasteiger partial charge in [-0.2, -0.15) is 0 Å². The van der Waals surface area contributed by atoms with Gasteiger partial charge < -0.3 is 10.5 Å². The number of ether oxygens (including phenoxy) is 1. The Bertz CT molecular complexity index is 75.8. The molecule has 0 aromatic rings. The van der Waals surface area contributed by atoms with Gasteiger partial charge in [-0.3, -0.25) is 0 Å². The van der Waals surface area contributed by atoms with E-state index in [2.05, 4.69) is 13.8 Å². The number of rotatable bonds is 5. The molecule has 0 radical (unpaired) electrons. The van der Waals surface area contributed by atoms with E-state index in [0.717, 1.165) is 25.9 Å². The summed E-state index contributed by atoms with van der Waals surface area (Å²) in [6.45, 7) is 4.97. The maximum Gasteiger partial charge on any atom is 0.0462 e. The maximum absolute atomic E-state index is 5.78. The molecule has 0 saturated heterocycles. The van der Waals surface area contributed by atoms with E-state index in [1.54, 1.807) is 7.11 Å². The first-order valence-corrected chi connectivity index (χ1v) is 3.84. The third-order valence-corrected chi connectivity index (χ3v) is 1.42. The minimum absolute atomic E-state index is 0.00621. The molecule has 0 aromatic carbocycles. The van der Waals surface area contributed by atoms with Crippen LogP contribution in [-0.4, -0.2) is 19.3 Å². The van der Waals surface area contributed by atoms with Crippen molar-refractivity contribution in [3.05, 3.63) is 0 Å². The normalized spacial score (nSPS) is 12.0. The number of methoxy groups -OCH3 is 1. The first-order chi connectivity index (χ1) is 4.56. The number of hydrogen-bond acceptors (Lipinski definition) is 2. The minimum Gasteiger partial charge on any atom is -0.385 e. The third-order valence-electron chi connectivity index (χ3n) is 1.42. The second-order valence-corrected chi connectivity index (χ2v) is 3.44. The monoisotopic (exact) mass is 145 g/mol. The average Bonchev–Trinajstić information content (AvgIpc) is 1.78. The third kappa shape index (κ3) is 7.92. The first-order valence-electron chi connectivity index (χ1n) is 3.84. The maximum atomic E-state index is 5.78. The van der Waals surface area contributed by atoms with Gasteiger partial charge in [0.2, 0.25) is 0 Å². The largest absolute Gasteiger partial charge is 0.385 e. The lowest BCUT2D eigenvalue weighted by molar-refractivity contribution is 0.190. The van der Waals surface area contributed by atoms with Gasteiger partial charge in [0.15, 0.2) is 0 Å². The van der Waals surface area contributed by atoms with Crippen molar-refractivity contribution in [2.75, 3.05) is 13.7 Å². The molecule has 0 rings (SSSR count). The highest BCUT2D eigenvalue weighted by Crippen LogP contribution is 2.08. The summed E-state index contributed by atoms with van der Waals surface area (Å²) in [5.41, 5.74) is 5.77. The van der Waals surface area contributed by atoms with Crippen molar-refractivity contribution < 1.29 is 4.74 Å². The van der Waals surface area contributed by atoms with Crippen LogP contribution in [0.15, 0.2) is 0 Å². The zero-order valence-corrected chi connectivity index (χ0v) is 7.31. The van der Waals surface area contributed by atoms with Gasteiger partial charge in [0, 0.05) is 19.3 Å². The molecule has 0 saturated carbocycles. The Labute approximate surface area is 63.7 Å². The Hall–Kier alpha value is -0.0800. The van der Waals surface area contributed by atoms with E-state index in [1.165, 1.54) is 0 Å². The van der Waals surface area contributed by atoms with Gasteiger partial charge in [0.05, 0.1) is 0 Å². The molecule has 0 aromatic heterocycles. The minimum atomic E-state index is -0.00621. The predicted molar refractivity (Wildman–Crippen MR) is 44.0 cm³/mol. The molecule has 0 atom stereocenters. The molecular formula is C8H19NO. The molecule has 0 aliphatic rings. The molecule has 0 heterocycles. The first kappa shape index (κ1) is 9.92. The van der Waals surface area contributed by atoms with Gasteiger partial charge in [-0.05, 0) is 33.1 Å². The van der Waals surface area contributed by atoms with Crippen molar-refractivity contribution in [2.45, 2.75) is 38.6 Å². The van der Waals surface area contributed by atoms with E-state index in [4.69, 9.17) is 10.5 Å². The van der Waals surface area contributed by atoms with Crippen LogP contribution in [0, 0.1) is 0 Å². The topological polar surface area (TPSA) is 35.2 Å². The molecule has 2 heteroatoms. The van der Waals surface area contributed by atoms with Crippen LogP contribution in [0.4, 0.5) is 0 Å². The standard InChI is InChI=1S/C8H19NO/c1-8(2,9)6-4-5-7-10-3/h4-7,9H2,1-3H3. The highest BCUT2D eigenvalue weighted by molar-refractivity contribution is 4.70. The predicted octanol–water partition coefficient (Wildman–Crippen LogP) is 1.54. The molecule has 0 spiro atoms. The van der Waals surface area contributed by atoms with Gasteiger partial charge in [-0.1, -0.05) is 0 Å². The summed E-state index contributed by atoms with van der Waals surface area (Å²) in [4.78, 5) is 0. The van der Waals surface area contributed by atoms with Crippen molar-refractivity contribution >= 4 is 0 Å². The molecule has 0 unspecified atom stereocenters. The molecule has 0 bridgehead atoms. The molecular weight excluding hydrogens is 126 g/mol. The molecule has 62 valence electrons. The summed E-state index contributed by atoms with van der Waals surface area (Å²) in [6, 6.07) is 0. The van der Waals surface area contributed by atoms with Crippen molar-refractivity contribution in [2.24, 2.45) is 5.73 Å². The Balaban J connectivity index is 3.04. The van der Waals surface area contributed by atoms with Gasteiger partial charge in [0.1, 0.15) is 0 Å². The lowest BCUT2D eigenvalue weighted by Crippen LogP contribution is -2.31. The smallest absolute Gasteiger partial charge is 0.0462 e. The molecule has 0 aliphatic carbocycles. The zero-order valence-electron chi connectivity index (χ0n) is 7.31. The lowest BCUT2D eigenvalue weighted by atomic mass is 9.99. The molecule has 0 aliphatic heterocycles. The second kappa shape index (κ2) is 4.69. The van der Waals surface area contributed by atoms with Crippen LogP contribution in [-0.2, 0) is 4.74 Å². The van der Waals surface area contributed by atoms with Crippen LogP contribution in [0.1, 0.15) is 33.1 Å². The highest BCUT2D eigenvalue weighted by atomic mass is 16.5. The molecule has 2 N–H and O–H groups in total. The van der Waals surface area contributed by atoms with Crippen molar-refractivity contribution in [3.8, 4) is 0 Å². The Morgan fingerprint density at radius 3 is 2.30 bits per heavy atom. The zero-order chi connectivity index (χ0) is 8.04. The van der Waals surface area contributed by atoms with Crippen LogP contribution >= 0.6 is 0 Å². The average molecular weight is 145 g/mol. The van der Waals surface area contributed by atoms with E-state index in [0.29, 0.717) is 0 Å². The van der Waals surface area contributed by atoms with Gasteiger partial charge in [-0.25, -0.2) is 0 Å². The van der Waals surface area contributed by atoms with Gasteiger partial charge in [-0.15, -0.1) is 0 Å². The van der Waals surface area contributed by atoms with E-state index in [-0.39, 0.29) is 5.54 Å². The SMILES string of the molecule is COCCCCC(C)(C)N. The van der Waals surface area contributed by atoms with Crippen LogP contribution in [0.5, 0.6) is 0 Å². The van der Waals surface area contributed by atoms with E-state index < -0.39 is 0 Å². The summed E-state index contributed by atoms with van der Waals surface area (Å²) >= 11 is 0. The fourth-order valence-electron chi connectivity index (χ4n) is 0.827. The molecule has 2 nitrogen and oxygen atoms in total. The summed E-state index contributed by atoms with van der Waals surface area (Å²) in [5, 5.41) is 0. The highest BCUT2D eigenvalue weighted by Gasteiger charge is 2.08. The van der Waals surface area contributed by atoms with E-state index in [9.17, 15) is 0 Å². The quantitative estimate of drug-likeness (QED) is 0.595. The van der Waals surface area contributed by atoms with Crippen molar-refractivity contribution in [3.63, 3.8) is 0 Å². The molecule has 10 heavy (non-hydrogen) atoms. The number of nitrogens with two attached hydrogens (primary N) is 1. The van der Waals surface area contributed by atoms with Gasteiger partial charge in [0.25, 0.3) is 0 Å². The fraction of sp³-hybridized carbons (Fsp3) is 1.00. The Morgan fingerprint density at radius 2 is 1.90 bits per heavy atom. The van der Waals surface area contributed by atoms with Crippen LogP contribution < -0.4 is 5.73 Å². The summed E-state index contributed by atoms with van der Waals surface area (Å²) in [6.07, 6.45) is 3.37. The van der Waals surface area contributed by atoms with Crippen LogP contribution in [0.2, 0.25) is 0 Å². The number of hydrogen-bond donors (Lipinski definition) is 1. The number of unbranched alkanes of at least 4 members (excludes halogenated alkanes) is 1. The summed E-state index contributed by atoms with van der Waals surface area (Å²) in [7, 11) is 1.73. The van der Waals surface area contributed by atoms with Crippen molar-refractivity contribution in [1.82, 2.24) is 0 Å². The molecule has 0 fully saturated rings. The lowest BCUT2D eigenvalue weighted by Gasteiger charge is -2.17. The second-order valence-electron chi connectivity index (χ2n) is 3.44. The van der Waals surface area contributed by atoms with E-state index >= 15 is 0 Å². The molecule has 0 amide bonds. The van der Waals surface area contributed by atoms with Gasteiger partial charge >= 0.3 is 0 Å². The van der Waals surface area contributed by atoms with Crippen LogP contribution in [0.25, 0.3) is 0 Å². The Morgan fingerprint density at radius 1 is 1.30 bits per heavy atom. The van der Waals surface area contributed by atoms with Crippen molar-refractivity contribution in [1.29, 1.82) is 0 Å². The Kier molecular flexibility index (Phi) is 4.65. The summed E-state index contributed by atoms with van der Waals surface area (Å²) < 4.78 is 4.92. The fourth-order valence-corrected chi connectivity index (χ4v) is 0.827. The van der Waals surface area contributed by atoms with Crippen LogP contribution in [0.3, 0.4) is 0 Å². The summed E-state index contributed by atoms with van der Waals surface area (Å²) in [5.74, 6) is 0.